The number of nitrogens with zero attached hydrogens (tertiary/aromatic N) is 2. The highest BCUT2D eigenvalue weighted by Gasteiger charge is 2.04. The quantitative estimate of drug-likeness (QED) is 0.501. The number of carbonyl (C=O) groups excluding carboxylic acids is 1. The van der Waals surface area contributed by atoms with Crippen molar-refractivity contribution in [3.05, 3.63) is 59.7 Å². The van der Waals surface area contributed by atoms with Gasteiger partial charge in [0.25, 0.3) is 0 Å². The number of esters is 1. The lowest BCUT2D eigenvalue weighted by Crippen LogP contribution is -1.99. The Morgan fingerprint density at radius 2 is 1.59 bits per heavy atom. The first-order valence-electron chi connectivity index (χ1n) is 6.28. The molecule has 0 saturated carbocycles. The molecule has 2 aromatic carbocycles. The third kappa shape index (κ3) is 3.89. The number of carboxylic acid groups (broad SMARTS) is 1. The second-order valence-corrected chi connectivity index (χ2v) is 4.23. The van der Waals surface area contributed by atoms with Crippen LogP contribution in [-0.4, -0.2) is 24.2 Å². The summed E-state index contributed by atoms with van der Waals surface area (Å²) in [5, 5.41) is 16.5. The molecule has 112 valence electrons. The SMILES string of the molecule is COC(=O)c1ccc(N=NNc2ccc(C(=O)O)cc2)cc1. The minimum atomic E-state index is -0.987. The first kappa shape index (κ1) is 15.2. The van der Waals surface area contributed by atoms with E-state index in [-0.39, 0.29) is 5.56 Å². The number of benzene rings is 2. The molecular formula is C15H13N3O4. The summed E-state index contributed by atoms with van der Waals surface area (Å²) in [5.74, 6) is -1.40. The van der Waals surface area contributed by atoms with Crippen LogP contribution in [-0.2, 0) is 4.74 Å². The largest absolute Gasteiger partial charge is 0.478 e. The van der Waals surface area contributed by atoms with Gasteiger partial charge in [0.2, 0.25) is 0 Å². The van der Waals surface area contributed by atoms with Gasteiger partial charge in [-0.3, -0.25) is 5.43 Å². The van der Waals surface area contributed by atoms with Crippen molar-refractivity contribution in [1.29, 1.82) is 0 Å². The molecular weight excluding hydrogens is 286 g/mol. The molecule has 0 aromatic heterocycles. The average Bonchev–Trinajstić information content (AvgIpc) is 2.55. The van der Waals surface area contributed by atoms with Gasteiger partial charge in [0.15, 0.2) is 0 Å². The number of hydrogen-bond donors (Lipinski definition) is 2. The minimum absolute atomic E-state index is 0.195. The Bertz CT molecular complexity index is 694. The number of aromatic carboxylic acids is 1. The smallest absolute Gasteiger partial charge is 0.337 e. The van der Waals surface area contributed by atoms with Gasteiger partial charge in [-0.2, -0.15) is 0 Å². The maximum absolute atomic E-state index is 11.3. The summed E-state index contributed by atoms with van der Waals surface area (Å²) in [5.41, 5.74) is 4.47. The number of nitrogens with one attached hydrogen (secondary N) is 1. The highest BCUT2D eigenvalue weighted by Crippen LogP contribution is 2.15. The van der Waals surface area contributed by atoms with E-state index in [0.29, 0.717) is 16.9 Å². The molecule has 0 radical (unpaired) electrons. The average molecular weight is 299 g/mol. The van der Waals surface area contributed by atoms with Crippen LogP contribution in [0.5, 0.6) is 0 Å². The van der Waals surface area contributed by atoms with Crippen LogP contribution in [0.3, 0.4) is 0 Å². The molecule has 0 aliphatic heterocycles. The first-order chi connectivity index (χ1) is 10.6. The van der Waals surface area contributed by atoms with Crippen LogP contribution in [0.2, 0.25) is 0 Å². The predicted octanol–water partition coefficient (Wildman–Crippen LogP) is 3.28. The zero-order valence-electron chi connectivity index (χ0n) is 11.7. The monoisotopic (exact) mass is 299 g/mol. The van der Waals surface area contributed by atoms with Crippen LogP contribution in [0.4, 0.5) is 11.4 Å². The fourth-order valence-electron chi connectivity index (χ4n) is 1.61. The van der Waals surface area contributed by atoms with Gasteiger partial charge in [-0.25, -0.2) is 9.59 Å². The summed E-state index contributed by atoms with van der Waals surface area (Å²) in [6.45, 7) is 0. The Kier molecular flexibility index (Phi) is 4.81. The molecule has 2 rings (SSSR count). The van der Waals surface area contributed by atoms with Gasteiger partial charge in [-0.05, 0) is 48.5 Å². The number of methoxy groups -OCH3 is 1. The third-order valence-electron chi connectivity index (χ3n) is 2.76. The summed E-state index contributed by atoms with van der Waals surface area (Å²) < 4.78 is 4.59. The van der Waals surface area contributed by atoms with E-state index >= 15 is 0 Å². The van der Waals surface area contributed by atoms with Crippen LogP contribution in [0, 0.1) is 0 Å². The number of carbonyl (C=O) groups is 2. The van der Waals surface area contributed by atoms with Crippen molar-refractivity contribution in [2.24, 2.45) is 10.3 Å². The van der Waals surface area contributed by atoms with E-state index in [1.54, 1.807) is 36.4 Å². The van der Waals surface area contributed by atoms with Gasteiger partial charge >= 0.3 is 11.9 Å². The number of hydrogen-bond acceptors (Lipinski definition) is 5. The van der Waals surface area contributed by atoms with Crippen molar-refractivity contribution in [3.63, 3.8) is 0 Å². The fourth-order valence-corrected chi connectivity index (χ4v) is 1.61. The van der Waals surface area contributed by atoms with Crippen LogP contribution in [0.15, 0.2) is 58.9 Å². The topological polar surface area (TPSA) is 100 Å². The van der Waals surface area contributed by atoms with Crippen molar-refractivity contribution < 1.29 is 19.4 Å². The Morgan fingerprint density at radius 1 is 1.00 bits per heavy atom. The number of anilines is 1. The Labute approximate surface area is 126 Å². The van der Waals surface area contributed by atoms with Crippen LogP contribution < -0.4 is 5.43 Å². The highest BCUT2D eigenvalue weighted by molar-refractivity contribution is 5.89. The summed E-state index contributed by atoms with van der Waals surface area (Å²) in [6, 6.07) is 12.5. The molecule has 0 saturated heterocycles. The van der Waals surface area contributed by atoms with Gasteiger partial charge in [0, 0.05) is 0 Å². The molecule has 0 bridgehead atoms. The zero-order valence-corrected chi connectivity index (χ0v) is 11.7. The molecule has 0 unspecified atom stereocenters. The molecule has 7 heteroatoms. The van der Waals surface area contributed by atoms with Crippen molar-refractivity contribution >= 4 is 23.3 Å². The van der Waals surface area contributed by atoms with E-state index in [4.69, 9.17) is 5.11 Å². The molecule has 0 spiro atoms. The fraction of sp³-hybridized carbons (Fsp3) is 0.0667. The molecule has 0 atom stereocenters. The summed E-state index contributed by atoms with van der Waals surface area (Å²) in [4.78, 5) is 22.0. The maximum Gasteiger partial charge on any atom is 0.337 e. The van der Waals surface area contributed by atoms with Crippen molar-refractivity contribution in [2.75, 3.05) is 12.5 Å². The van der Waals surface area contributed by atoms with E-state index in [9.17, 15) is 9.59 Å². The van der Waals surface area contributed by atoms with E-state index in [0.717, 1.165) is 0 Å². The van der Waals surface area contributed by atoms with Gasteiger partial charge in [0.1, 0.15) is 0 Å². The van der Waals surface area contributed by atoms with E-state index < -0.39 is 11.9 Å². The minimum Gasteiger partial charge on any atom is -0.478 e. The number of rotatable bonds is 5. The molecule has 7 nitrogen and oxygen atoms in total. The normalized spacial score (nSPS) is 10.4. The highest BCUT2D eigenvalue weighted by atomic mass is 16.5. The molecule has 0 aliphatic rings. The second-order valence-electron chi connectivity index (χ2n) is 4.23. The van der Waals surface area contributed by atoms with Gasteiger partial charge in [-0.15, -0.1) is 5.11 Å². The third-order valence-corrected chi connectivity index (χ3v) is 2.76. The van der Waals surface area contributed by atoms with Gasteiger partial charge in [0.05, 0.1) is 29.6 Å². The molecule has 0 heterocycles. The van der Waals surface area contributed by atoms with Crippen LogP contribution in [0.1, 0.15) is 20.7 Å². The second kappa shape index (κ2) is 6.98. The predicted molar refractivity (Wildman–Crippen MR) is 79.3 cm³/mol. The first-order valence-corrected chi connectivity index (χ1v) is 6.28. The van der Waals surface area contributed by atoms with Gasteiger partial charge in [-0.1, -0.05) is 5.22 Å². The Balaban J connectivity index is 1.97. The van der Waals surface area contributed by atoms with E-state index in [2.05, 4.69) is 20.5 Å². The lowest BCUT2D eigenvalue weighted by Gasteiger charge is -2.00. The zero-order chi connectivity index (χ0) is 15.9. The van der Waals surface area contributed by atoms with E-state index in [1.807, 2.05) is 0 Å². The molecule has 2 aromatic rings. The van der Waals surface area contributed by atoms with Crippen molar-refractivity contribution in [1.82, 2.24) is 0 Å². The standard InChI is InChI=1S/C15H13N3O4/c1-22-15(21)11-4-8-13(9-5-11)17-18-16-12-6-2-10(3-7-12)14(19)20/h2-9H,1H3,(H,16,17)(H,19,20). The molecule has 0 amide bonds. The van der Waals surface area contributed by atoms with Crippen molar-refractivity contribution in [2.45, 2.75) is 0 Å². The molecule has 0 aliphatic carbocycles. The van der Waals surface area contributed by atoms with Gasteiger partial charge < -0.3 is 9.84 Å². The Hall–Kier alpha value is -3.22. The van der Waals surface area contributed by atoms with Crippen LogP contribution in [0.25, 0.3) is 0 Å². The van der Waals surface area contributed by atoms with Crippen LogP contribution >= 0.6 is 0 Å². The van der Waals surface area contributed by atoms with Crippen molar-refractivity contribution in [3.8, 4) is 0 Å². The lowest BCUT2D eigenvalue weighted by molar-refractivity contribution is 0.0600. The molecule has 22 heavy (non-hydrogen) atoms. The number of carboxylic acids is 1. The lowest BCUT2D eigenvalue weighted by atomic mass is 10.2. The summed E-state index contributed by atoms with van der Waals surface area (Å²) >= 11 is 0. The van der Waals surface area contributed by atoms with E-state index in [1.165, 1.54) is 19.2 Å². The molecule has 0 fully saturated rings. The summed E-state index contributed by atoms with van der Waals surface area (Å²) in [6.07, 6.45) is 0. The maximum atomic E-state index is 11.3. The molecule has 2 N–H and O–H groups in total. The summed E-state index contributed by atoms with van der Waals surface area (Å²) in [7, 11) is 1.31. The Morgan fingerprint density at radius 3 is 2.14 bits per heavy atom. The number of ether oxygens (including phenoxy) is 1.